The zero-order valence-corrected chi connectivity index (χ0v) is 21.3. The first-order chi connectivity index (χ1) is 13.9. The van der Waals surface area contributed by atoms with Crippen LogP contribution < -0.4 is 0 Å². The minimum absolute atomic E-state index is 0.0540. The molecule has 0 saturated carbocycles. The normalized spacial score (nSPS) is 12.8. The molecule has 0 saturated heterocycles. The first-order valence-corrected chi connectivity index (χ1v) is 11.7. The quantitative estimate of drug-likeness (QED) is 0.252. The van der Waals surface area contributed by atoms with Gasteiger partial charge in [0.2, 0.25) is 0 Å². The third-order valence-electron chi connectivity index (χ3n) is 5.70. The Kier molecular flexibility index (Phi) is 5.18. The van der Waals surface area contributed by atoms with E-state index in [4.69, 9.17) is 0 Å². The molecular weight excluding hydrogens is 505 g/mol. The molecule has 156 valence electrons. The number of H-pyrrole nitrogens is 1. The lowest BCUT2D eigenvalue weighted by atomic mass is 9.80. The Morgan fingerprint density at radius 2 is 1.37 bits per heavy atom. The second kappa shape index (κ2) is 7.20. The molecule has 0 amide bonds. The van der Waals surface area contributed by atoms with Gasteiger partial charge >= 0.3 is 0 Å². The van der Waals surface area contributed by atoms with E-state index in [-0.39, 0.29) is 16.6 Å². The summed E-state index contributed by atoms with van der Waals surface area (Å²) < 4.78 is 15.7. The summed E-state index contributed by atoms with van der Waals surface area (Å²) >= 11 is 7.68. The van der Waals surface area contributed by atoms with Gasteiger partial charge in [-0.15, -0.1) is 0 Å². The van der Waals surface area contributed by atoms with Crippen molar-refractivity contribution in [3.8, 4) is 11.1 Å². The molecule has 0 atom stereocenters. The monoisotopic (exact) mass is 529 g/mol. The summed E-state index contributed by atoms with van der Waals surface area (Å²) in [6.45, 7) is 13.4. The van der Waals surface area contributed by atoms with E-state index in [1.807, 2.05) is 12.1 Å². The molecular formula is C26H26Br2FN. The fourth-order valence-electron chi connectivity index (χ4n) is 3.98. The number of aromatic nitrogens is 1. The Bertz CT molecular complexity index is 1270. The molecule has 4 heteroatoms. The van der Waals surface area contributed by atoms with E-state index in [0.29, 0.717) is 0 Å². The summed E-state index contributed by atoms with van der Waals surface area (Å²) in [5.74, 6) is -0.225. The fourth-order valence-corrected chi connectivity index (χ4v) is 5.29. The summed E-state index contributed by atoms with van der Waals surface area (Å²) in [4.78, 5) is 3.63. The lowest BCUT2D eigenvalue weighted by molar-refractivity contribution is 0.590. The molecule has 0 unspecified atom stereocenters. The van der Waals surface area contributed by atoms with Gasteiger partial charge in [0, 0.05) is 25.3 Å². The number of fused-ring (bicyclic) bond motifs is 3. The van der Waals surface area contributed by atoms with Crippen molar-refractivity contribution < 1.29 is 4.39 Å². The van der Waals surface area contributed by atoms with Gasteiger partial charge in [0.1, 0.15) is 5.82 Å². The molecule has 1 aromatic heterocycles. The molecule has 3 aromatic carbocycles. The predicted molar refractivity (Wildman–Crippen MR) is 134 cm³/mol. The van der Waals surface area contributed by atoms with Crippen molar-refractivity contribution in [2.24, 2.45) is 0 Å². The van der Waals surface area contributed by atoms with Crippen LogP contribution in [0.25, 0.3) is 32.9 Å². The molecule has 0 fully saturated rings. The lowest BCUT2D eigenvalue weighted by Crippen LogP contribution is -2.13. The van der Waals surface area contributed by atoms with E-state index in [9.17, 15) is 4.39 Å². The van der Waals surface area contributed by atoms with Crippen molar-refractivity contribution in [1.29, 1.82) is 0 Å². The van der Waals surface area contributed by atoms with Gasteiger partial charge in [-0.05, 0) is 89.7 Å². The van der Waals surface area contributed by atoms with Crippen LogP contribution in [0.4, 0.5) is 4.39 Å². The second-order valence-electron chi connectivity index (χ2n) is 10.0. The van der Waals surface area contributed by atoms with Crippen molar-refractivity contribution >= 4 is 53.7 Å². The van der Waals surface area contributed by atoms with E-state index >= 15 is 0 Å². The molecule has 0 aliphatic carbocycles. The summed E-state index contributed by atoms with van der Waals surface area (Å²) in [6.07, 6.45) is 0. The van der Waals surface area contributed by atoms with Crippen molar-refractivity contribution in [3.63, 3.8) is 0 Å². The zero-order valence-electron chi connectivity index (χ0n) is 18.2. The van der Waals surface area contributed by atoms with Crippen LogP contribution in [0, 0.1) is 5.82 Å². The van der Waals surface area contributed by atoms with E-state index in [0.717, 1.165) is 31.1 Å². The Morgan fingerprint density at radius 1 is 0.767 bits per heavy atom. The van der Waals surface area contributed by atoms with Crippen molar-refractivity contribution in [2.45, 2.75) is 52.4 Å². The van der Waals surface area contributed by atoms with E-state index in [2.05, 4.69) is 96.6 Å². The van der Waals surface area contributed by atoms with Gasteiger partial charge in [0.15, 0.2) is 0 Å². The Balaban J connectivity index is 2.14. The van der Waals surface area contributed by atoms with Crippen molar-refractivity contribution in [1.82, 2.24) is 4.98 Å². The molecule has 0 bridgehead atoms. The number of hydrogen-bond acceptors (Lipinski definition) is 0. The van der Waals surface area contributed by atoms with E-state index in [1.54, 1.807) is 0 Å². The highest BCUT2D eigenvalue weighted by atomic mass is 79.9. The summed E-state index contributed by atoms with van der Waals surface area (Å²) in [7, 11) is 0. The minimum atomic E-state index is -0.225. The number of benzene rings is 3. The SMILES string of the molecule is CC(C)(C)c1cc(Br)c2[nH]c3c(Br)c(-c4ccc(F)cc4)c(C(C)(C)C)cc3c2c1. The van der Waals surface area contributed by atoms with Crippen LogP contribution in [-0.4, -0.2) is 4.98 Å². The van der Waals surface area contributed by atoms with Crippen LogP contribution in [0.3, 0.4) is 0 Å². The Morgan fingerprint density at radius 3 is 1.93 bits per heavy atom. The summed E-state index contributed by atoms with van der Waals surface area (Å²) in [6, 6.07) is 13.6. The van der Waals surface area contributed by atoms with Crippen LogP contribution in [0.1, 0.15) is 52.7 Å². The molecule has 1 heterocycles. The molecule has 1 N–H and O–H groups in total. The standard InChI is InChI=1S/C26H26Br2FN/c1-25(2,3)15-11-17-18-13-19(26(4,5)6)21(14-7-9-16(29)10-8-14)22(28)24(18)30-23(17)20(27)12-15/h7-13,30H,1-6H3. The van der Waals surface area contributed by atoms with Gasteiger partial charge in [0.05, 0.1) is 11.0 Å². The van der Waals surface area contributed by atoms with Gasteiger partial charge < -0.3 is 4.98 Å². The van der Waals surface area contributed by atoms with E-state index in [1.165, 1.54) is 34.0 Å². The number of aromatic amines is 1. The van der Waals surface area contributed by atoms with Crippen LogP contribution in [0.5, 0.6) is 0 Å². The van der Waals surface area contributed by atoms with Gasteiger partial charge in [-0.3, -0.25) is 0 Å². The predicted octanol–water partition coefficient (Wildman–Crippen LogP) is 9.25. The zero-order chi connectivity index (χ0) is 22.0. The van der Waals surface area contributed by atoms with Crippen LogP contribution in [-0.2, 0) is 10.8 Å². The third-order valence-corrected chi connectivity index (χ3v) is 7.12. The fraction of sp³-hybridized carbons (Fsp3) is 0.308. The summed E-state index contributed by atoms with van der Waals surface area (Å²) in [5.41, 5.74) is 6.75. The summed E-state index contributed by atoms with van der Waals surface area (Å²) in [5, 5.41) is 2.40. The van der Waals surface area contributed by atoms with Gasteiger partial charge in [-0.25, -0.2) is 4.39 Å². The van der Waals surface area contributed by atoms with Crippen LogP contribution >= 0.6 is 31.9 Å². The molecule has 0 radical (unpaired) electrons. The average molecular weight is 531 g/mol. The van der Waals surface area contributed by atoms with Gasteiger partial charge in [-0.1, -0.05) is 53.7 Å². The van der Waals surface area contributed by atoms with Crippen LogP contribution in [0.2, 0.25) is 0 Å². The van der Waals surface area contributed by atoms with E-state index < -0.39 is 0 Å². The average Bonchev–Trinajstić information content (AvgIpc) is 3.01. The molecule has 0 aliphatic rings. The van der Waals surface area contributed by atoms with Gasteiger partial charge in [0.25, 0.3) is 0 Å². The molecule has 4 aromatic rings. The maximum atomic E-state index is 13.6. The highest BCUT2D eigenvalue weighted by Gasteiger charge is 2.25. The molecule has 0 aliphatic heterocycles. The molecule has 0 spiro atoms. The number of hydrogen-bond donors (Lipinski definition) is 1. The number of halogens is 3. The molecule has 30 heavy (non-hydrogen) atoms. The number of rotatable bonds is 1. The first-order valence-electron chi connectivity index (χ1n) is 10.1. The second-order valence-corrected chi connectivity index (χ2v) is 11.7. The molecule has 1 nitrogen and oxygen atoms in total. The molecule has 4 rings (SSSR count). The maximum Gasteiger partial charge on any atom is 0.123 e. The minimum Gasteiger partial charge on any atom is -0.353 e. The third kappa shape index (κ3) is 3.62. The van der Waals surface area contributed by atoms with Crippen molar-refractivity contribution in [3.05, 3.63) is 68.4 Å². The Hall–Kier alpha value is -1.65. The topological polar surface area (TPSA) is 15.8 Å². The first kappa shape index (κ1) is 21.6. The lowest BCUT2D eigenvalue weighted by Gasteiger charge is -2.25. The maximum absolute atomic E-state index is 13.6. The number of nitrogens with one attached hydrogen (secondary N) is 1. The Labute approximate surface area is 194 Å². The highest BCUT2D eigenvalue weighted by molar-refractivity contribution is 9.11. The smallest absolute Gasteiger partial charge is 0.123 e. The van der Waals surface area contributed by atoms with Crippen molar-refractivity contribution in [2.75, 3.05) is 0 Å². The van der Waals surface area contributed by atoms with Crippen LogP contribution in [0.15, 0.2) is 51.4 Å². The van der Waals surface area contributed by atoms with Gasteiger partial charge in [-0.2, -0.15) is 0 Å². The largest absolute Gasteiger partial charge is 0.353 e. The highest BCUT2D eigenvalue weighted by Crippen LogP contribution is 2.45.